The molecule has 1 aliphatic carbocycles. The quantitative estimate of drug-likeness (QED) is 0.790. The number of carbonyl (C=O) groups excluding carboxylic acids is 1. The Kier molecular flexibility index (Phi) is 3.01. The molecular weight excluding hydrogens is 232 g/mol. The lowest BCUT2D eigenvalue weighted by atomic mass is 9.94. The monoisotopic (exact) mass is 252 g/mol. The maximum atomic E-state index is 12.0. The molecule has 3 rings (SSSR count). The number of hydrogen-bond donors (Lipinski definition) is 1. The van der Waals surface area contributed by atoms with Crippen molar-refractivity contribution in [1.82, 2.24) is 9.80 Å². The Morgan fingerprint density at radius 1 is 1.17 bits per heavy atom. The van der Waals surface area contributed by atoms with E-state index in [4.69, 9.17) is 0 Å². The molecule has 2 aliphatic heterocycles. The standard InChI is InChI=1S/C13H20N2O3/c16-11(14-5-2-6-14)8-15-7-9-3-1-4-10(9)12(15)13(17)18/h9-10,12H,1-8H2,(H,17,18). The summed E-state index contributed by atoms with van der Waals surface area (Å²) in [4.78, 5) is 27.1. The highest BCUT2D eigenvalue weighted by Crippen LogP contribution is 2.42. The number of rotatable bonds is 3. The molecule has 1 saturated carbocycles. The molecule has 5 nitrogen and oxygen atoms in total. The van der Waals surface area contributed by atoms with Crippen LogP contribution in [0.4, 0.5) is 0 Å². The Balaban J connectivity index is 1.67. The van der Waals surface area contributed by atoms with E-state index in [0.717, 1.165) is 45.3 Å². The van der Waals surface area contributed by atoms with Crippen molar-refractivity contribution in [3.05, 3.63) is 0 Å². The summed E-state index contributed by atoms with van der Waals surface area (Å²) in [6.07, 6.45) is 4.37. The van der Waals surface area contributed by atoms with Crippen molar-refractivity contribution in [2.24, 2.45) is 11.8 Å². The summed E-state index contributed by atoms with van der Waals surface area (Å²) in [7, 11) is 0. The number of amides is 1. The predicted molar refractivity (Wildman–Crippen MR) is 65.0 cm³/mol. The van der Waals surface area contributed by atoms with E-state index in [1.54, 1.807) is 0 Å². The van der Waals surface area contributed by atoms with Gasteiger partial charge in [-0.25, -0.2) is 0 Å². The van der Waals surface area contributed by atoms with Gasteiger partial charge in [0.25, 0.3) is 0 Å². The maximum absolute atomic E-state index is 12.0. The minimum absolute atomic E-state index is 0.104. The lowest BCUT2D eigenvalue weighted by Gasteiger charge is -2.33. The summed E-state index contributed by atoms with van der Waals surface area (Å²) in [6, 6.07) is -0.428. The normalized spacial score (nSPS) is 35.3. The van der Waals surface area contributed by atoms with Crippen LogP contribution in [0.2, 0.25) is 0 Å². The van der Waals surface area contributed by atoms with Crippen LogP contribution in [0.3, 0.4) is 0 Å². The molecule has 3 aliphatic rings. The smallest absolute Gasteiger partial charge is 0.321 e. The zero-order valence-corrected chi connectivity index (χ0v) is 10.5. The predicted octanol–water partition coefficient (Wildman–Crippen LogP) is 0.404. The van der Waals surface area contributed by atoms with E-state index in [2.05, 4.69) is 0 Å². The first-order valence-electron chi connectivity index (χ1n) is 6.91. The van der Waals surface area contributed by atoms with Gasteiger partial charge in [0.05, 0.1) is 6.54 Å². The van der Waals surface area contributed by atoms with Crippen LogP contribution < -0.4 is 0 Å². The number of nitrogens with zero attached hydrogens (tertiary/aromatic N) is 2. The van der Waals surface area contributed by atoms with Crippen LogP contribution in [0.5, 0.6) is 0 Å². The molecule has 3 atom stereocenters. The highest BCUT2D eigenvalue weighted by Gasteiger charge is 2.48. The second-order valence-electron chi connectivity index (χ2n) is 5.80. The van der Waals surface area contributed by atoms with E-state index in [1.807, 2.05) is 9.80 Å². The molecule has 2 saturated heterocycles. The molecular formula is C13H20N2O3. The van der Waals surface area contributed by atoms with Gasteiger partial charge in [0.1, 0.15) is 6.04 Å². The van der Waals surface area contributed by atoms with Crippen molar-refractivity contribution in [3.8, 4) is 0 Å². The van der Waals surface area contributed by atoms with Crippen LogP contribution in [0.1, 0.15) is 25.7 Å². The van der Waals surface area contributed by atoms with Gasteiger partial charge in [0.2, 0.25) is 5.91 Å². The number of carbonyl (C=O) groups is 2. The van der Waals surface area contributed by atoms with Crippen LogP contribution in [0.25, 0.3) is 0 Å². The first-order valence-corrected chi connectivity index (χ1v) is 6.91. The fourth-order valence-electron chi connectivity index (χ4n) is 3.74. The molecule has 3 fully saturated rings. The molecule has 1 N–H and O–H groups in total. The Morgan fingerprint density at radius 2 is 1.94 bits per heavy atom. The van der Waals surface area contributed by atoms with Gasteiger partial charge in [-0.15, -0.1) is 0 Å². The molecule has 5 heteroatoms. The van der Waals surface area contributed by atoms with Crippen molar-refractivity contribution in [3.63, 3.8) is 0 Å². The molecule has 0 aromatic heterocycles. The first-order chi connectivity index (χ1) is 8.66. The third-order valence-corrected chi connectivity index (χ3v) is 4.79. The van der Waals surface area contributed by atoms with Crippen molar-refractivity contribution in [2.45, 2.75) is 31.7 Å². The molecule has 3 unspecified atom stereocenters. The number of carboxylic acid groups (broad SMARTS) is 1. The van der Waals surface area contributed by atoms with E-state index in [-0.39, 0.29) is 11.8 Å². The third-order valence-electron chi connectivity index (χ3n) is 4.79. The lowest BCUT2D eigenvalue weighted by molar-refractivity contribution is -0.145. The summed E-state index contributed by atoms with van der Waals surface area (Å²) in [5, 5.41) is 9.39. The minimum atomic E-state index is -0.749. The SMILES string of the molecule is O=C(O)C1C2CCCC2CN1CC(=O)N1CCC1. The first kappa shape index (κ1) is 12.0. The third kappa shape index (κ3) is 1.90. The van der Waals surface area contributed by atoms with Gasteiger partial charge in [-0.1, -0.05) is 6.42 Å². The van der Waals surface area contributed by atoms with Gasteiger partial charge in [-0.2, -0.15) is 0 Å². The van der Waals surface area contributed by atoms with E-state index in [9.17, 15) is 14.7 Å². The Hall–Kier alpha value is -1.10. The zero-order chi connectivity index (χ0) is 12.7. The summed E-state index contributed by atoms with van der Waals surface area (Å²) in [5.41, 5.74) is 0. The van der Waals surface area contributed by atoms with Crippen molar-refractivity contribution < 1.29 is 14.7 Å². The van der Waals surface area contributed by atoms with Crippen LogP contribution in [-0.4, -0.2) is 59.0 Å². The molecule has 0 aromatic rings. The molecule has 0 radical (unpaired) electrons. The summed E-state index contributed by atoms with van der Waals surface area (Å²) >= 11 is 0. The number of aliphatic carboxylic acids is 1. The highest BCUT2D eigenvalue weighted by atomic mass is 16.4. The molecule has 100 valence electrons. The van der Waals surface area contributed by atoms with E-state index < -0.39 is 12.0 Å². The summed E-state index contributed by atoms with van der Waals surface area (Å²) in [5.74, 6) is 0.121. The average molecular weight is 252 g/mol. The van der Waals surface area contributed by atoms with Crippen molar-refractivity contribution >= 4 is 11.9 Å². The van der Waals surface area contributed by atoms with E-state index in [1.165, 1.54) is 0 Å². The summed E-state index contributed by atoms with van der Waals surface area (Å²) < 4.78 is 0. The number of hydrogen-bond acceptors (Lipinski definition) is 3. The van der Waals surface area contributed by atoms with E-state index in [0.29, 0.717) is 12.5 Å². The summed E-state index contributed by atoms with van der Waals surface area (Å²) in [6.45, 7) is 2.78. The number of fused-ring (bicyclic) bond motifs is 1. The molecule has 0 bridgehead atoms. The van der Waals surface area contributed by atoms with Gasteiger partial charge >= 0.3 is 5.97 Å². The van der Waals surface area contributed by atoms with Crippen molar-refractivity contribution in [1.29, 1.82) is 0 Å². The van der Waals surface area contributed by atoms with Gasteiger partial charge < -0.3 is 10.0 Å². The van der Waals surface area contributed by atoms with Gasteiger partial charge in [0, 0.05) is 19.6 Å². The fraction of sp³-hybridized carbons (Fsp3) is 0.846. The Labute approximate surface area is 107 Å². The van der Waals surface area contributed by atoms with Gasteiger partial charge in [-0.05, 0) is 31.1 Å². The molecule has 0 spiro atoms. The second kappa shape index (κ2) is 4.53. The van der Waals surface area contributed by atoms with Crippen LogP contribution in [0.15, 0.2) is 0 Å². The topological polar surface area (TPSA) is 60.9 Å². The van der Waals surface area contributed by atoms with Crippen LogP contribution >= 0.6 is 0 Å². The van der Waals surface area contributed by atoms with Gasteiger partial charge in [-0.3, -0.25) is 14.5 Å². The minimum Gasteiger partial charge on any atom is -0.480 e. The maximum Gasteiger partial charge on any atom is 0.321 e. The number of carboxylic acids is 1. The molecule has 1 amide bonds. The van der Waals surface area contributed by atoms with Gasteiger partial charge in [0.15, 0.2) is 0 Å². The highest BCUT2D eigenvalue weighted by molar-refractivity contribution is 5.81. The van der Waals surface area contributed by atoms with E-state index >= 15 is 0 Å². The molecule has 18 heavy (non-hydrogen) atoms. The zero-order valence-electron chi connectivity index (χ0n) is 10.5. The average Bonchev–Trinajstić information content (AvgIpc) is 2.72. The van der Waals surface area contributed by atoms with Crippen molar-refractivity contribution in [2.75, 3.05) is 26.2 Å². The largest absolute Gasteiger partial charge is 0.480 e. The number of likely N-dealkylation sites (tertiary alicyclic amines) is 2. The molecule has 2 heterocycles. The molecule has 0 aromatic carbocycles. The Bertz CT molecular complexity index is 367. The van der Waals surface area contributed by atoms with Crippen LogP contribution in [-0.2, 0) is 9.59 Å². The Morgan fingerprint density at radius 3 is 2.56 bits per heavy atom. The lowest BCUT2D eigenvalue weighted by Crippen LogP contribution is -2.50. The van der Waals surface area contributed by atoms with Crippen LogP contribution in [0, 0.1) is 11.8 Å². The fourth-order valence-corrected chi connectivity index (χ4v) is 3.74. The second-order valence-corrected chi connectivity index (χ2v) is 5.80.